The van der Waals surface area contributed by atoms with Crippen molar-refractivity contribution < 1.29 is 4.39 Å². The zero-order chi connectivity index (χ0) is 12.4. The van der Waals surface area contributed by atoms with Gasteiger partial charge in [0, 0.05) is 11.8 Å². The van der Waals surface area contributed by atoms with E-state index in [1.165, 1.54) is 22.9 Å². The van der Waals surface area contributed by atoms with Gasteiger partial charge in [0.05, 0.1) is 11.6 Å². The minimum atomic E-state index is -0.390. The van der Waals surface area contributed by atoms with Crippen molar-refractivity contribution in [3.63, 3.8) is 0 Å². The fourth-order valence-electron chi connectivity index (χ4n) is 1.49. The van der Waals surface area contributed by atoms with Gasteiger partial charge in [-0.05, 0) is 12.1 Å². The Bertz CT molecular complexity index is 610. The van der Waals surface area contributed by atoms with Crippen molar-refractivity contribution in [2.45, 2.75) is 6.54 Å². The maximum atomic E-state index is 13.4. The molecule has 0 radical (unpaired) electrons. The summed E-state index contributed by atoms with van der Waals surface area (Å²) < 4.78 is 14.7. The molecular weight excluding hydrogens is 264 g/mol. The van der Waals surface area contributed by atoms with Gasteiger partial charge in [-0.25, -0.2) is 4.39 Å². The lowest BCUT2D eigenvalue weighted by Gasteiger charge is -2.07. The Morgan fingerprint density at radius 1 is 1.24 bits per heavy atom. The summed E-state index contributed by atoms with van der Waals surface area (Å²) >= 11 is 11.5. The van der Waals surface area contributed by atoms with Crippen LogP contribution >= 0.6 is 23.2 Å². The van der Waals surface area contributed by atoms with Crippen molar-refractivity contribution in [2.24, 2.45) is 0 Å². The molecule has 0 aliphatic carbocycles. The van der Waals surface area contributed by atoms with Crippen LogP contribution in [0.2, 0.25) is 10.0 Å². The molecule has 0 N–H and O–H groups in total. The standard InChI is InChI=1S/C12H8Cl2FNO/c13-9-5-10(14)12(17)16(7-9)6-8-3-1-2-4-11(8)15/h1-5,7H,6H2. The summed E-state index contributed by atoms with van der Waals surface area (Å²) in [5, 5.41) is 0.361. The van der Waals surface area contributed by atoms with Crippen molar-refractivity contribution in [3.8, 4) is 0 Å². The van der Waals surface area contributed by atoms with Gasteiger partial charge >= 0.3 is 0 Å². The summed E-state index contributed by atoms with van der Waals surface area (Å²) in [4.78, 5) is 11.7. The van der Waals surface area contributed by atoms with E-state index in [2.05, 4.69) is 0 Å². The Morgan fingerprint density at radius 2 is 1.94 bits per heavy atom. The molecule has 0 bridgehead atoms. The van der Waals surface area contributed by atoms with Crippen molar-refractivity contribution in [2.75, 3.05) is 0 Å². The molecule has 2 nitrogen and oxygen atoms in total. The van der Waals surface area contributed by atoms with Gasteiger partial charge in [-0.3, -0.25) is 4.79 Å². The Kier molecular flexibility index (Phi) is 3.50. The molecule has 17 heavy (non-hydrogen) atoms. The average Bonchev–Trinajstić information content (AvgIpc) is 2.28. The average molecular weight is 272 g/mol. The third-order valence-corrected chi connectivity index (χ3v) is 2.78. The van der Waals surface area contributed by atoms with Gasteiger partial charge in [0.2, 0.25) is 0 Å². The van der Waals surface area contributed by atoms with E-state index in [1.807, 2.05) is 0 Å². The van der Waals surface area contributed by atoms with Gasteiger partial charge in [-0.15, -0.1) is 0 Å². The number of rotatable bonds is 2. The zero-order valence-corrected chi connectivity index (χ0v) is 10.2. The van der Waals surface area contributed by atoms with E-state index in [9.17, 15) is 9.18 Å². The third kappa shape index (κ3) is 2.68. The molecule has 0 spiro atoms. The van der Waals surface area contributed by atoms with E-state index in [4.69, 9.17) is 23.2 Å². The minimum Gasteiger partial charge on any atom is -0.308 e. The topological polar surface area (TPSA) is 22.0 Å². The maximum absolute atomic E-state index is 13.4. The van der Waals surface area contributed by atoms with Crippen LogP contribution in [0.5, 0.6) is 0 Å². The second-order valence-electron chi connectivity index (χ2n) is 3.53. The normalized spacial score (nSPS) is 10.5. The van der Waals surface area contributed by atoms with Gasteiger partial charge in [-0.1, -0.05) is 41.4 Å². The second kappa shape index (κ2) is 4.90. The molecule has 2 rings (SSSR count). The number of benzene rings is 1. The Morgan fingerprint density at radius 3 is 2.65 bits per heavy atom. The Hall–Kier alpha value is -1.32. The number of aromatic nitrogens is 1. The van der Waals surface area contributed by atoms with Crippen molar-refractivity contribution in [1.29, 1.82) is 0 Å². The Balaban J connectivity index is 2.44. The van der Waals surface area contributed by atoms with Crippen LogP contribution in [-0.4, -0.2) is 4.57 Å². The van der Waals surface area contributed by atoms with Gasteiger partial charge in [0.1, 0.15) is 10.8 Å². The number of halogens is 3. The zero-order valence-electron chi connectivity index (χ0n) is 8.66. The number of hydrogen-bond donors (Lipinski definition) is 0. The molecule has 0 saturated heterocycles. The fraction of sp³-hybridized carbons (Fsp3) is 0.0833. The van der Waals surface area contributed by atoms with E-state index in [0.29, 0.717) is 10.6 Å². The van der Waals surface area contributed by atoms with E-state index in [0.717, 1.165) is 0 Å². The van der Waals surface area contributed by atoms with E-state index >= 15 is 0 Å². The molecule has 88 valence electrons. The van der Waals surface area contributed by atoms with Crippen LogP contribution in [-0.2, 0) is 6.54 Å². The summed E-state index contributed by atoms with van der Waals surface area (Å²) in [6, 6.07) is 7.61. The molecule has 0 unspecified atom stereocenters. The first-order valence-electron chi connectivity index (χ1n) is 4.87. The van der Waals surface area contributed by atoms with Gasteiger partial charge in [0.25, 0.3) is 5.56 Å². The van der Waals surface area contributed by atoms with Crippen LogP contribution in [0.3, 0.4) is 0 Å². The first kappa shape index (κ1) is 12.1. The number of nitrogens with zero attached hydrogens (tertiary/aromatic N) is 1. The first-order valence-corrected chi connectivity index (χ1v) is 5.62. The summed E-state index contributed by atoms with van der Waals surface area (Å²) in [7, 11) is 0. The molecule has 0 atom stereocenters. The molecule has 5 heteroatoms. The number of pyridine rings is 1. The lowest BCUT2D eigenvalue weighted by molar-refractivity contribution is 0.596. The van der Waals surface area contributed by atoms with Gasteiger partial charge in [-0.2, -0.15) is 0 Å². The molecule has 0 amide bonds. The van der Waals surface area contributed by atoms with Crippen molar-refractivity contribution >= 4 is 23.2 Å². The smallest absolute Gasteiger partial charge is 0.269 e. The predicted octanol–water partition coefficient (Wildman–Crippen LogP) is 3.34. The molecule has 0 aliphatic heterocycles. The Labute approximate surface area is 107 Å². The monoisotopic (exact) mass is 271 g/mol. The molecule has 1 aromatic heterocycles. The van der Waals surface area contributed by atoms with Gasteiger partial charge in [0.15, 0.2) is 0 Å². The molecule has 0 saturated carbocycles. The lowest BCUT2D eigenvalue weighted by Crippen LogP contribution is -2.20. The van der Waals surface area contributed by atoms with E-state index in [1.54, 1.807) is 18.2 Å². The number of hydrogen-bond acceptors (Lipinski definition) is 1. The molecule has 0 fully saturated rings. The second-order valence-corrected chi connectivity index (χ2v) is 4.37. The van der Waals surface area contributed by atoms with Crippen LogP contribution in [0.4, 0.5) is 4.39 Å². The first-order chi connectivity index (χ1) is 8.08. The van der Waals surface area contributed by atoms with Crippen LogP contribution in [0.1, 0.15) is 5.56 Å². The van der Waals surface area contributed by atoms with Crippen molar-refractivity contribution in [1.82, 2.24) is 4.57 Å². The molecule has 1 heterocycles. The lowest BCUT2D eigenvalue weighted by atomic mass is 10.2. The third-order valence-electron chi connectivity index (χ3n) is 2.31. The van der Waals surface area contributed by atoms with Crippen LogP contribution < -0.4 is 5.56 Å². The maximum Gasteiger partial charge on any atom is 0.269 e. The van der Waals surface area contributed by atoms with Crippen LogP contribution in [0.15, 0.2) is 41.3 Å². The largest absolute Gasteiger partial charge is 0.308 e. The van der Waals surface area contributed by atoms with E-state index < -0.39 is 0 Å². The molecule has 2 aromatic rings. The molecule has 0 aliphatic rings. The molecular formula is C12H8Cl2FNO. The van der Waals surface area contributed by atoms with Gasteiger partial charge < -0.3 is 4.57 Å². The highest BCUT2D eigenvalue weighted by molar-refractivity contribution is 6.34. The highest BCUT2D eigenvalue weighted by Crippen LogP contribution is 2.13. The predicted molar refractivity (Wildman–Crippen MR) is 66.2 cm³/mol. The summed E-state index contributed by atoms with van der Waals surface area (Å²) in [6.07, 6.45) is 1.43. The highest BCUT2D eigenvalue weighted by atomic mass is 35.5. The minimum absolute atomic E-state index is 0.0221. The quantitative estimate of drug-likeness (QED) is 0.821. The summed E-state index contributed by atoms with van der Waals surface area (Å²) in [5.74, 6) is -0.365. The summed E-state index contributed by atoms with van der Waals surface area (Å²) in [5.41, 5.74) is 0.0206. The van der Waals surface area contributed by atoms with Crippen LogP contribution in [0, 0.1) is 5.82 Å². The highest BCUT2D eigenvalue weighted by Gasteiger charge is 2.06. The molecule has 1 aromatic carbocycles. The van der Waals surface area contributed by atoms with E-state index in [-0.39, 0.29) is 22.9 Å². The van der Waals surface area contributed by atoms with Crippen LogP contribution in [0.25, 0.3) is 0 Å². The fourth-order valence-corrected chi connectivity index (χ4v) is 2.00. The summed E-state index contributed by atoms with van der Waals surface area (Å²) in [6.45, 7) is 0.103. The SMILES string of the molecule is O=c1c(Cl)cc(Cl)cn1Cc1ccccc1F. The van der Waals surface area contributed by atoms with Crippen molar-refractivity contribution in [3.05, 3.63) is 68.3 Å².